The van der Waals surface area contributed by atoms with Gasteiger partial charge in [0.05, 0.1) is 0 Å². The van der Waals surface area contributed by atoms with Gasteiger partial charge in [-0.15, -0.1) is 13.2 Å². The molecular weight excluding hydrogens is 307 g/mol. The standard InChI is InChI=1S/C17H20F3NO2/c18-17(19,20)23-15-4-2-1-3-13(15)10-21-16(22)9-14-8-11-5-6-12(14)7-11/h1-4,11-12,14H,5-10H2,(H,21,22)/t11-,12-,14+/m0/s1. The van der Waals surface area contributed by atoms with Gasteiger partial charge in [-0.05, 0) is 43.1 Å². The lowest BCUT2D eigenvalue weighted by Crippen LogP contribution is -2.27. The second kappa shape index (κ2) is 6.42. The first-order valence-electron chi connectivity index (χ1n) is 8.01. The second-order valence-corrected chi connectivity index (χ2v) is 6.57. The van der Waals surface area contributed by atoms with Crippen molar-refractivity contribution < 1.29 is 22.7 Å². The number of hydrogen-bond donors (Lipinski definition) is 1. The second-order valence-electron chi connectivity index (χ2n) is 6.57. The average Bonchev–Trinajstić information content (AvgIpc) is 3.07. The van der Waals surface area contributed by atoms with Crippen LogP contribution in [-0.4, -0.2) is 12.3 Å². The van der Waals surface area contributed by atoms with Crippen molar-refractivity contribution in [3.63, 3.8) is 0 Å². The SMILES string of the molecule is O=C(C[C@H]1C[C@H]2CC[C@H]1C2)NCc1ccccc1OC(F)(F)F. The number of alkyl halides is 3. The predicted octanol–water partition coefficient (Wildman–Crippen LogP) is 4.03. The molecule has 3 atom stereocenters. The summed E-state index contributed by atoms with van der Waals surface area (Å²) in [6.07, 6.45) is 0.592. The van der Waals surface area contributed by atoms with Gasteiger partial charge in [0.15, 0.2) is 0 Å². The van der Waals surface area contributed by atoms with Crippen LogP contribution >= 0.6 is 0 Å². The molecule has 2 aliphatic carbocycles. The number of ether oxygens (including phenoxy) is 1. The molecule has 1 aromatic rings. The lowest BCUT2D eigenvalue weighted by Gasteiger charge is -2.21. The molecule has 0 spiro atoms. The highest BCUT2D eigenvalue weighted by Crippen LogP contribution is 2.49. The third-order valence-corrected chi connectivity index (χ3v) is 5.01. The predicted molar refractivity (Wildman–Crippen MR) is 78.5 cm³/mol. The largest absolute Gasteiger partial charge is 0.573 e. The summed E-state index contributed by atoms with van der Waals surface area (Å²) in [5.74, 6) is 1.52. The van der Waals surface area contributed by atoms with Crippen molar-refractivity contribution in [2.45, 2.75) is 45.0 Å². The Labute approximate surface area is 133 Å². The third-order valence-electron chi connectivity index (χ3n) is 5.01. The Bertz CT molecular complexity index is 573. The van der Waals surface area contributed by atoms with Crippen molar-refractivity contribution in [1.82, 2.24) is 5.32 Å². The lowest BCUT2D eigenvalue weighted by atomic mass is 9.86. The molecule has 1 amide bonds. The Balaban J connectivity index is 1.53. The monoisotopic (exact) mass is 327 g/mol. The summed E-state index contributed by atoms with van der Waals surface area (Å²) in [5.41, 5.74) is 0.325. The van der Waals surface area contributed by atoms with Gasteiger partial charge in [0.2, 0.25) is 5.91 Å². The number of nitrogens with one attached hydrogen (secondary N) is 1. The number of carbonyl (C=O) groups excluding carboxylic acids is 1. The van der Waals surface area contributed by atoms with Crippen molar-refractivity contribution in [3.8, 4) is 5.75 Å². The molecule has 0 heterocycles. The van der Waals surface area contributed by atoms with Crippen LogP contribution in [0.5, 0.6) is 5.75 Å². The molecule has 23 heavy (non-hydrogen) atoms. The zero-order valence-electron chi connectivity index (χ0n) is 12.7. The molecule has 0 radical (unpaired) electrons. The van der Waals surface area contributed by atoms with Crippen molar-refractivity contribution in [3.05, 3.63) is 29.8 Å². The molecule has 0 unspecified atom stereocenters. The molecule has 0 aromatic heterocycles. The van der Waals surface area contributed by atoms with Crippen LogP contribution in [-0.2, 0) is 11.3 Å². The smallest absolute Gasteiger partial charge is 0.405 e. The highest BCUT2D eigenvalue weighted by molar-refractivity contribution is 5.76. The van der Waals surface area contributed by atoms with E-state index >= 15 is 0 Å². The Morgan fingerprint density at radius 3 is 2.65 bits per heavy atom. The van der Waals surface area contributed by atoms with E-state index in [1.54, 1.807) is 6.07 Å². The van der Waals surface area contributed by atoms with Gasteiger partial charge in [-0.3, -0.25) is 4.79 Å². The normalized spacial score (nSPS) is 26.3. The molecule has 0 saturated heterocycles. The first-order valence-corrected chi connectivity index (χ1v) is 8.01. The minimum absolute atomic E-state index is 0.0475. The first-order chi connectivity index (χ1) is 10.9. The number of fused-ring (bicyclic) bond motifs is 2. The van der Waals surface area contributed by atoms with Crippen LogP contribution in [0.4, 0.5) is 13.2 Å². The van der Waals surface area contributed by atoms with Gasteiger partial charge in [-0.25, -0.2) is 0 Å². The van der Waals surface area contributed by atoms with E-state index in [0.29, 0.717) is 23.8 Å². The number of para-hydroxylation sites is 1. The van der Waals surface area contributed by atoms with Crippen LogP contribution in [0.25, 0.3) is 0 Å². The van der Waals surface area contributed by atoms with E-state index in [0.717, 1.165) is 12.3 Å². The molecule has 2 bridgehead atoms. The quantitative estimate of drug-likeness (QED) is 0.887. The van der Waals surface area contributed by atoms with Crippen LogP contribution in [0.1, 0.15) is 37.7 Å². The fourth-order valence-electron chi connectivity index (χ4n) is 4.00. The maximum absolute atomic E-state index is 12.4. The van der Waals surface area contributed by atoms with Crippen molar-refractivity contribution in [2.24, 2.45) is 17.8 Å². The molecule has 1 N–H and O–H groups in total. The average molecular weight is 327 g/mol. The van der Waals surface area contributed by atoms with Crippen molar-refractivity contribution in [2.75, 3.05) is 0 Å². The Hall–Kier alpha value is -1.72. The number of amides is 1. The molecule has 6 heteroatoms. The molecule has 126 valence electrons. The summed E-state index contributed by atoms with van der Waals surface area (Å²) < 4.78 is 41.1. The minimum Gasteiger partial charge on any atom is -0.405 e. The molecule has 2 aliphatic rings. The van der Waals surface area contributed by atoms with E-state index in [-0.39, 0.29) is 18.2 Å². The van der Waals surface area contributed by atoms with E-state index in [9.17, 15) is 18.0 Å². The van der Waals surface area contributed by atoms with Gasteiger partial charge in [-0.2, -0.15) is 0 Å². The molecule has 2 fully saturated rings. The first kappa shape index (κ1) is 16.1. The molecule has 1 aromatic carbocycles. The lowest BCUT2D eigenvalue weighted by molar-refractivity contribution is -0.274. The molecule has 3 rings (SSSR count). The van der Waals surface area contributed by atoms with E-state index in [2.05, 4.69) is 10.1 Å². The Morgan fingerprint density at radius 1 is 1.22 bits per heavy atom. The number of hydrogen-bond acceptors (Lipinski definition) is 2. The van der Waals surface area contributed by atoms with Crippen LogP contribution in [0.15, 0.2) is 24.3 Å². The highest BCUT2D eigenvalue weighted by atomic mass is 19.4. The van der Waals surface area contributed by atoms with E-state index in [1.165, 1.54) is 37.5 Å². The van der Waals surface area contributed by atoms with Crippen molar-refractivity contribution in [1.29, 1.82) is 0 Å². The number of rotatable bonds is 5. The highest BCUT2D eigenvalue weighted by Gasteiger charge is 2.40. The van der Waals surface area contributed by atoms with Gasteiger partial charge in [-0.1, -0.05) is 24.6 Å². The number of benzene rings is 1. The third kappa shape index (κ3) is 4.18. The van der Waals surface area contributed by atoms with Gasteiger partial charge < -0.3 is 10.1 Å². The van der Waals surface area contributed by atoms with E-state index in [4.69, 9.17) is 0 Å². The Morgan fingerprint density at radius 2 is 2.00 bits per heavy atom. The number of halogens is 3. The van der Waals surface area contributed by atoms with Crippen LogP contribution < -0.4 is 10.1 Å². The van der Waals surface area contributed by atoms with Crippen LogP contribution in [0.3, 0.4) is 0 Å². The molecular formula is C17H20F3NO2. The summed E-state index contributed by atoms with van der Waals surface area (Å²) in [7, 11) is 0. The van der Waals surface area contributed by atoms with Gasteiger partial charge in [0.1, 0.15) is 5.75 Å². The van der Waals surface area contributed by atoms with Gasteiger partial charge in [0.25, 0.3) is 0 Å². The summed E-state index contributed by atoms with van der Waals surface area (Å²) in [6.45, 7) is 0.0475. The Kier molecular flexibility index (Phi) is 4.50. The van der Waals surface area contributed by atoms with Crippen LogP contribution in [0, 0.1) is 17.8 Å². The maximum atomic E-state index is 12.4. The topological polar surface area (TPSA) is 38.3 Å². The fraction of sp³-hybridized carbons (Fsp3) is 0.588. The minimum atomic E-state index is -4.73. The molecule has 2 saturated carbocycles. The summed E-state index contributed by atoms with van der Waals surface area (Å²) in [4.78, 5) is 12.1. The summed E-state index contributed by atoms with van der Waals surface area (Å²) >= 11 is 0. The number of carbonyl (C=O) groups is 1. The van der Waals surface area contributed by atoms with Crippen molar-refractivity contribution >= 4 is 5.91 Å². The zero-order chi connectivity index (χ0) is 16.4. The van der Waals surface area contributed by atoms with Crippen LogP contribution in [0.2, 0.25) is 0 Å². The van der Waals surface area contributed by atoms with E-state index < -0.39 is 6.36 Å². The van der Waals surface area contributed by atoms with Gasteiger partial charge >= 0.3 is 6.36 Å². The summed E-state index contributed by atoms with van der Waals surface area (Å²) in [6, 6.07) is 5.88. The maximum Gasteiger partial charge on any atom is 0.573 e. The zero-order valence-corrected chi connectivity index (χ0v) is 12.7. The molecule has 3 nitrogen and oxygen atoms in total. The fourth-order valence-corrected chi connectivity index (χ4v) is 4.00. The van der Waals surface area contributed by atoms with Gasteiger partial charge in [0, 0.05) is 18.5 Å². The van der Waals surface area contributed by atoms with E-state index in [1.807, 2.05) is 0 Å². The molecule has 0 aliphatic heterocycles. The summed E-state index contributed by atoms with van der Waals surface area (Å²) in [5, 5.41) is 2.73.